The number of nitrogens with zero attached hydrogens (tertiary/aromatic N) is 2. The van der Waals surface area contributed by atoms with Crippen LogP contribution in [0.1, 0.15) is 17.3 Å². The number of anilines is 2. The average Bonchev–Trinajstić information content (AvgIpc) is 2.39. The summed E-state index contributed by atoms with van der Waals surface area (Å²) in [5.74, 6) is 0.0571. The second kappa shape index (κ2) is 6.80. The molecule has 0 saturated heterocycles. The van der Waals surface area contributed by atoms with E-state index in [1.807, 2.05) is 7.05 Å². The molecule has 0 aliphatic carbocycles. The minimum Gasteiger partial charge on any atom is -0.465 e. The molecular formula is C12H20N4O2. The summed E-state index contributed by atoms with van der Waals surface area (Å²) in [6.07, 6.45) is 1.51. The molecule has 0 aromatic carbocycles. The van der Waals surface area contributed by atoms with Gasteiger partial charge in [0, 0.05) is 13.1 Å². The van der Waals surface area contributed by atoms with E-state index >= 15 is 0 Å². The summed E-state index contributed by atoms with van der Waals surface area (Å²) in [6, 6.07) is 1.56. The Balaban J connectivity index is 2.72. The fourth-order valence-corrected chi connectivity index (χ4v) is 1.41. The van der Waals surface area contributed by atoms with Crippen molar-refractivity contribution in [3.05, 3.63) is 17.8 Å². The van der Waals surface area contributed by atoms with Crippen molar-refractivity contribution in [1.82, 2.24) is 9.88 Å². The molecule has 0 aliphatic rings. The van der Waals surface area contributed by atoms with Crippen LogP contribution in [-0.2, 0) is 4.74 Å². The minimum absolute atomic E-state index is 0.358. The highest BCUT2D eigenvalue weighted by Crippen LogP contribution is 2.16. The zero-order valence-corrected chi connectivity index (χ0v) is 11.1. The molecule has 3 N–H and O–H groups in total. The summed E-state index contributed by atoms with van der Waals surface area (Å²) < 4.78 is 4.70. The van der Waals surface area contributed by atoms with Crippen LogP contribution in [0.4, 0.5) is 11.5 Å². The first kappa shape index (κ1) is 14.2. The van der Waals surface area contributed by atoms with Crippen LogP contribution >= 0.6 is 0 Å². The minimum atomic E-state index is -0.443. The van der Waals surface area contributed by atoms with E-state index in [1.165, 1.54) is 13.3 Å². The van der Waals surface area contributed by atoms with Crippen molar-refractivity contribution < 1.29 is 9.53 Å². The van der Waals surface area contributed by atoms with E-state index < -0.39 is 5.97 Å². The van der Waals surface area contributed by atoms with Gasteiger partial charge in [-0.15, -0.1) is 0 Å². The highest BCUT2D eigenvalue weighted by Gasteiger charge is 2.13. The van der Waals surface area contributed by atoms with Gasteiger partial charge in [0.1, 0.15) is 11.4 Å². The zero-order valence-electron chi connectivity index (χ0n) is 11.1. The van der Waals surface area contributed by atoms with Gasteiger partial charge in [0.15, 0.2) is 0 Å². The molecule has 0 aliphatic heterocycles. The van der Waals surface area contributed by atoms with Gasteiger partial charge in [0.2, 0.25) is 0 Å². The Hall–Kier alpha value is -1.82. The third-order valence-corrected chi connectivity index (χ3v) is 2.64. The first-order valence-electron chi connectivity index (χ1n) is 5.84. The lowest BCUT2D eigenvalue weighted by atomic mass is 10.2. The van der Waals surface area contributed by atoms with Crippen molar-refractivity contribution >= 4 is 17.5 Å². The second-order valence-corrected chi connectivity index (χ2v) is 3.98. The first-order chi connectivity index (χ1) is 8.58. The molecule has 0 atom stereocenters. The highest BCUT2D eigenvalue weighted by atomic mass is 16.5. The van der Waals surface area contributed by atoms with Crippen molar-refractivity contribution in [1.29, 1.82) is 0 Å². The predicted molar refractivity (Wildman–Crippen MR) is 71.6 cm³/mol. The van der Waals surface area contributed by atoms with Gasteiger partial charge in [-0.2, -0.15) is 0 Å². The van der Waals surface area contributed by atoms with E-state index in [4.69, 9.17) is 10.5 Å². The van der Waals surface area contributed by atoms with Gasteiger partial charge in [-0.25, -0.2) is 9.78 Å². The van der Waals surface area contributed by atoms with Gasteiger partial charge >= 0.3 is 5.97 Å². The number of pyridine rings is 1. The van der Waals surface area contributed by atoms with Crippen LogP contribution in [-0.4, -0.2) is 49.6 Å². The number of rotatable bonds is 6. The summed E-state index contributed by atoms with van der Waals surface area (Å²) in [4.78, 5) is 17.8. The topological polar surface area (TPSA) is 80.5 Å². The first-order valence-corrected chi connectivity index (χ1v) is 5.84. The standard InChI is InChI=1S/C12H20N4O2/c1-4-16(2)6-5-14-11-10(12(17)18-3)7-9(13)8-15-11/h7-8H,4-6,13H2,1-3H3,(H,14,15). The molecule has 1 aromatic rings. The highest BCUT2D eigenvalue weighted by molar-refractivity contribution is 5.95. The quantitative estimate of drug-likeness (QED) is 0.729. The van der Waals surface area contributed by atoms with Gasteiger partial charge < -0.3 is 20.7 Å². The molecule has 6 heteroatoms. The van der Waals surface area contributed by atoms with E-state index in [1.54, 1.807) is 6.07 Å². The van der Waals surface area contributed by atoms with Gasteiger partial charge in [0.25, 0.3) is 0 Å². The summed E-state index contributed by atoms with van der Waals surface area (Å²) in [5, 5.41) is 3.11. The van der Waals surface area contributed by atoms with Crippen LogP contribution in [0, 0.1) is 0 Å². The van der Waals surface area contributed by atoms with Crippen LogP contribution < -0.4 is 11.1 Å². The number of nitrogens with two attached hydrogens (primary N) is 1. The summed E-state index contributed by atoms with van der Waals surface area (Å²) in [7, 11) is 3.36. The zero-order chi connectivity index (χ0) is 13.5. The Kier molecular flexibility index (Phi) is 5.38. The molecule has 100 valence electrons. The fraction of sp³-hybridized carbons (Fsp3) is 0.500. The molecular weight excluding hydrogens is 232 g/mol. The molecule has 0 bridgehead atoms. The maximum absolute atomic E-state index is 11.6. The lowest BCUT2D eigenvalue weighted by Gasteiger charge is -2.15. The number of methoxy groups -OCH3 is 1. The van der Waals surface area contributed by atoms with Crippen molar-refractivity contribution in [3.8, 4) is 0 Å². The van der Waals surface area contributed by atoms with E-state index in [2.05, 4.69) is 22.1 Å². The molecule has 0 radical (unpaired) electrons. The Bertz CT molecular complexity index is 409. The summed E-state index contributed by atoms with van der Waals surface area (Å²) in [6.45, 7) is 4.62. The lowest BCUT2D eigenvalue weighted by Crippen LogP contribution is -2.25. The summed E-state index contributed by atoms with van der Waals surface area (Å²) in [5.41, 5.74) is 6.41. The second-order valence-electron chi connectivity index (χ2n) is 3.98. The van der Waals surface area contributed by atoms with Gasteiger partial charge in [-0.05, 0) is 19.7 Å². The predicted octanol–water partition coefficient (Wildman–Crippen LogP) is 0.814. The molecule has 0 fully saturated rings. The molecule has 18 heavy (non-hydrogen) atoms. The van der Waals surface area contributed by atoms with Gasteiger partial charge in [-0.1, -0.05) is 6.92 Å². The number of hydrogen-bond donors (Lipinski definition) is 2. The number of carbonyl (C=O) groups excluding carboxylic acids is 1. The van der Waals surface area contributed by atoms with Crippen LogP contribution in [0.25, 0.3) is 0 Å². The Morgan fingerprint density at radius 3 is 2.94 bits per heavy atom. The van der Waals surface area contributed by atoms with Crippen molar-refractivity contribution in [2.45, 2.75) is 6.92 Å². The number of likely N-dealkylation sites (N-methyl/N-ethyl adjacent to an activating group) is 1. The van der Waals surface area contributed by atoms with Gasteiger partial charge in [0.05, 0.1) is 19.0 Å². The number of nitrogens with one attached hydrogen (secondary N) is 1. The van der Waals surface area contributed by atoms with E-state index in [0.717, 1.165) is 13.1 Å². The van der Waals surface area contributed by atoms with Crippen LogP contribution in [0.15, 0.2) is 12.3 Å². The van der Waals surface area contributed by atoms with Crippen molar-refractivity contribution in [2.75, 3.05) is 44.8 Å². The fourth-order valence-electron chi connectivity index (χ4n) is 1.41. The molecule has 0 unspecified atom stereocenters. The number of carbonyl (C=O) groups is 1. The number of ether oxygens (including phenoxy) is 1. The molecule has 1 aromatic heterocycles. The molecule has 0 spiro atoms. The monoisotopic (exact) mass is 252 g/mol. The average molecular weight is 252 g/mol. The number of nitrogen functional groups attached to an aromatic ring is 1. The Morgan fingerprint density at radius 2 is 2.33 bits per heavy atom. The van der Waals surface area contributed by atoms with Crippen LogP contribution in [0.5, 0.6) is 0 Å². The summed E-state index contributed by atoms with van der Waals surface area (Å²) >= 11 is 0. The molecule has 6 nitrogen and oxygen atoms in total. The number of hydrogen-bond acceptors (Lipinski definition) is 6. The Labute approximate surface area is 107 Å². The molecule has 1 heterocycles. The lowest BCUT2D eigenvalue weighted by molar-refractivity contribution is 0.0601. The molecule has 0 saturated carbocycles. The molecule has 1 rings (SSSR count). The number of esters is 1. The van der Waals surface area contributed by atoms with E-state index in [0.29, 0.717) is 23.6 Å². The van der Waals surface area contributed by atoms with Gasteiger partial charge in [-0.3, -0.25) is 0 Å². The van der Waals surface area contributed by atoms with E-state index in [9.17, 15) is 4.79 Å². The Morgan fingerprint density at radius 1 is 1.61 bits per heavy atom. The normalized spacial score (nSPS) is 10.4. The van der Waals surface area contributed by atoms with E-state index in [-0.39, 0.29) is 0 Å². The third kappa shape index (κ3) is 3.89. The third-order valence-electron chi connectivity index (χ3n) is 2.64. The number of aromatic nitrogens is 1. The SMILES string of the molecule is CCN(C)CCNc1ncc(N)cc1C(=O)OC. The van der Waals surface area contributed by atoms with Crippen molar-refractivity contribution in [2.24, 2.45) is 0 Å². The smallest absolute Gasteiger partial charge is 0.341 e. The van der Waals surface area contributed by atoms with Crippen molar-refractivity contribution in [3.63, 3.8) is 0 Å². The van der Waals surface area contributed by atoms with Crippen LogP contribution in [0.2, 0.25) is 0 Å². The van der Waals surface area contributed by atoms with Crippen LogP contribution in [0.3, 0.4) is 0 Å². The largest absolute Gasteiger partial charge is 0.465 e. The maximum atomic E-state index is 11.6. The maximum Gasteiger partial charge on any atom is 0.341 e. The molecule has 0 amide bonds.